The molecule has 21 heavy (non-hydrogen) atoms. The van der Waals surface area contributed by atoms with Crippen molar-refractivity contribution in [3.63, 3.8) is 0 Å². The number of nitrogens with zero attached hydrogens (tertiary/aromatic N) is 5. The smallest absolute Gasteiger partial charge is 0.208 e. The maximum Gasteiger partial charge on any atom is 0.443 e. The van der Waals surface area contributed by atoms with Crippen molar-refractivity contribution in [2.45, 2.75) is 0 Å². The van der Waals surface area contributed by atoms with Crippen molar-refractivity contribution in [2.75, 3.05) is 0 Å². The molecule has 5 nitrogen and oxygen atoms in total. The first-order chi connectivity index (χ1) is 10.1. The van der Waals surface area contributed by atoms with Crippen molar-refractivity contribution in [1.82, 2.24) is 15.0 Å². The first-order valence-electron chi connectivity index (χ1n) is 6.16. The lowest BCUT2D eigenvalue weighted by Crippen LogP contribution is -2.32. The van der Waals surface area contributed by atoms with E-state index in [0.29, 0.717) is 5.95 Å². The van der Waals surface area contributed by atoms with Gasteiger partial charge in [0.05, 0.1) is 12.4 Å². The summed E-state index contributed by atoms with van der Waals surface area (Å²) in [5.41, 5.74) is 2.23. The van der Waals surface area contributed by atoms with Gasteiger partial charge >= 0.3 is 16.5 Å². The van der Waals surface area contributed by atoms with Crippen LogP contribution in [-0.2, 0) is 7.05 Å². The first-order valence-corrected chi connectivity index (χ1v) is 6.92. The summed E-state index contributed by atoms with van der Waals surface area (Å²) in [5, 5.41) is 0.134. The maximum absolute atomic E-state index is 5.78. The van der Waals surface area contributed by atoms with Crippen LogP contribution in [0, 0.1) is 0 Å². The molecule has 0 radical (unpaired) electrons. The van der Waals surface area contributed by atoms with Gasteiger partial charge in [0, 0.05) is 12.1 Å². The molecule has 0 aromatic carbocycles. The topological polar surface area (TPSA) is 46.4 Å². The molecule has 0 fully saturated rings. The van der Waals surface area contributed by atoms with Crippen molar-refractivity contribution in [2.24, 2.45) is 7.05 Å². The van der Waals surface area contributed by atoms with Crippen LogP contribution in [0.15, 0.2) is 49.1 Å². The van der Waals surface area contributed by atoms with Gasteiger partial charge in [-0.05, 0) is 56.4 Å². The number of aryl methyl sites for hydroxylation is 1. The minimum atomic E-state index is 0.0668. The molecule has 0 spiro atoms. The second kappa shape index (κ2) is 5.71. The summed E-state index contributed by atoms with van der Waals surface area (Å²) in [6, 6.07) is 8.05. The Morgan fingerprint density at radius 3 is 1.76 bits per heavy atom. The van der Waals surface area contributed by atoms with Crippen LogP contribution in [0.2, 0.25) is 10.6 Å². The Hall–Kier alpha value is -2.11. The second-order valence-electron chi connectivity index (χ2n) is 4.42. The molecular weight excluding hydrogens is 309 g/mol. The summed E-state index contributed by atoms with van der Waals surface area (Å²) in [5.74, 6) is 0.381. The van der Waals surface area contributed by atoms with Gasteiger partial charge in [-0.15, -0.1) is 0 Å². The van der Waals surface area contributed by atoms with Crippen molar-refractivity contribution in [3.05, 3.63) is 59.6 Å². The van der Waals surface area contributed by atoms with Gasteiger partial charge in [-0.25, -0.2) is 9.13 Å². The van der Waals surface area contributed by atoms with Crippen molar-refractivity contribution in [3.8, 4) is 17.1 Å². The van der Waals surface area contributed by atoms with E-state index in [0.717, 1.165) is 11.1 Å². The summed E-state index contributed by atoms with van der Waals surface area (Å²) >= 11 is 11.6. The van der Waals surface area contributed by atoms with E-state index in [2.05, 4.69) is 27.1 Å². The number of hydrogen-bond acceptors (Lipinski definition) is 3. The van der Waals surface area contributed by atoms with E-state index in [9.17, 15) is 0 Å². The Balaban J connectivity index is 1.95. The number of hydrogen-bond donors (Lipinski definition) is 0. The predicted octanol–water partition coefficient (Wildman–Crippen LogP) is 1.95. The van der Waals surface area contributed by atoms with E-state index in [1.165, 1.54) is 0 Å². The fraction of sp³-hybridized carbons (Fsp3) is 0.0714. The summed E-state index contributed by atoms with van der Waals surface area (Å²) in [7, 11) is 1.98. The highest BCUT2D eigenvalue weighted by Crippen LogP contribution is 2.15. The highest BCUT2D eigenvalue weighted by Gasteiger charge is 2.15. The van der Waals surface area contributed by atoms with Gasteiger partial charge in [0.2, 0.25) is 0 Å². The second-order valence-corrected chi connectivity index (χ2v) is 5.10. The number of halogens is 2. The fourth-order valence-corrected chi connectivity index (χ4v) is 2.23. The normalized spacial score (nSPS) is 10.6. The van der Waals surface area contributed by atoms with Gasteiger partial charge in [-0.2, -0.15) is 4.98 Å². The quantitative estimate of drug-likeness (QED) is 0.678. The Morgan fingerprint density at radius 1 is 0.762 bits per heavy atom. The third-order valence-electron chi connectivity index (χ3n) is 2.94. The zero-order valence-electron chi connectivity index (χ0n) is 11.1. The molecule has 3 aromatic rings. The lowest BCUT2D eigenvalue weighted by atomic mass is 10.1. The molecule has 3 heterocycles. The Kier molecular flexibility index (Phi) is 3.77. The maximum atomic E-state index is 5.78. The molecule has 3 aromatic heterocycles. The average molecular weight is 320 g/mol. The third kappa shape index (κ3) is 3.15. The minimum Gasteiger partial charge on any atom is -0.208 e. The molecule has 0 unspecified atom stereocenters. The molecule has 0 aliphatic carbocycles. The van der Waals surface area contributed by atoms with Crippen LogP contribution in [0.25, 0.3) is 17.1 Å². The molecule has 0 saturated heterocycles. The van der Waals surface area contributed by atoms with Crippen molar-refractivity contribution < 1.29 is 9.13 Å². The highest BCUT2D eigenvalue weighted by atomic mass is 35.5. The monoisotopic (exact) mass is 319 g/mol. The highest BCUT2D eigenvalue weighted by molar-refractivity contribution is 6.31. The molecule has 7 heteroatoms. The van der Waals surface area contributed by atoms with E-state index >= 15 is 0 Å². The van der Waals surface area contributed by atoms with Crippen LogP contribution in [0.4, 0.5) is 0 Å². The Morgan fingerprint density at radius 2 is 1.24 bits per heavy atom. The number of aromatic nitrogens is 5. The van der Waals surface area contributed by atoms with Crippen LogP contribution < -0.4 is 9.13 Å². The van der Waals surface area contributed by atoms with Crippen LogP contribution >= 0.6 is 23.2 Å². The van der Waals surface area contributed by atoms with Gasteiger partial charge in [-0.3, -0.25) is 0 Å². The molecule has 0 amide bonds. The Bertz CT molecular complexity index is 752. The predicted molar refractivity (Wildman–Crippen MR) is 78.0 cm³/mol. The van der Waals surface area contributed by atoms with E-state index in [-0.39, 0.29) is 10.6 Å². The standard InChI is InChI=1S/C14H11Cl2N5/c1-20-6-2-10(3-7-20)11-4-8-21(9-5-11)14-18-12(15)17-13(16)19-14/h2-9H,1H3/q+2. The van der Waals surface area contributed by atoms with Gasteiger partial charge < -0.3 is 0 Å². The molecule has 104 valence electrons. The summed E-state index contributed by atoms with van der Waals surface area (Å²) in [6.07, 6.45) is 7.71. The van der Waals surface area contributed by atoms with Crippen LogP contribution in [0.1, 0.15) is 0 Å². The first kappa shape index (κ1) is 13.9. The molecular formula is C14H11Cl2N5+2. The lowest BCUT2D eigenvalue weighted by Gasteiger charge is -2.01. The van der Waals surface area contributed by atoms with E-state index in [1.54, 1.807) is 4.57 Å². The van der Waals surface area contributed by atoms with Crippen molar-refractivity contribution in [1.29, 1.82) is 0 Å². The van der Waals surface area contributed by atoms with Gasteiger partial charge in [0.1, 0.15) is 7.05 Å². The average Bonchev–Trinajstić information content (AvgIpc) is 2.47. The molecule has 0 N–H and O–H groups in total. The SMILES string of the molecule is C[n+]1ccc(-c2cc[n+](-c3nc(Cl)nc(Cl)n3)cc2)cc1. The largest absolute Gasteiger partial charge is 0.443 e. The zero-order chi connectivity index (χ0) is 14.8. The van der Waals surface area contributed by atoms with E-state index in [1.807, 2.05) is 48.5 Å². The van der Waals surface area contributed by atoms with Gasteiger partial charge in [-0.1, -0.05) is 0 Å². The Labute approximate surface area is 131 Å². The van der Waals surface area contributed by atoms with Crippen molar-refractivity contribution >= 4 is 23.2 Å². The van der Waals surface area contributed by atoms with E-state index < -0.39 is 0 Å². The zero-order valence-corrected chi connectivity index (χ0v) is 12.6. The molecule has 0 atom stereocenters. The molecule has 0 aliphatic heterocycles. The fourth-order valence-electron chi connectivity index (χ4n) is 1.88. The van der Waals surface area contributed by atoms with Crippen LogP contribution in [0.5, 0.6) is 0 Å². The summed E-state index contributed by atoms with van der Waals surface area (Å²) < 4.78 is 3.72. The summed E-state index contributed by atoms with van der Waals surface area (Å²) in [6.45, 7) is 0. The summed E-state index contributed by atoms with van der Waals surface area (Å²) in [4.78, 5) is 11.8. The van der Waals surface area contributed by atoms with E-state index in [4.69, 9.17) is 23.2 Å². The van der Waals surface area contributed by atoms with Crippen LogP contribution in [-0.4, -0.2) is 15.0 Å². The molecule has 3 rings (SSSR count). The molecule has 0 aliphatic rings. The van der Waals surface area contributed by atoms with Gasteiger partial charge in [0.25, 0.3) is 0 Å². The third-order valence-corrected chi connectivity index (χ3v) is 3.28. The van der Waals surface area contributed by atoms with Gasteiger partial charge in [0.15, 0.2) is 12.4 Å². The molecule has 0 bridgehead atoms. The number of rotatable bonds is 2. The lowest BCUT2D eigenvalue weighted by molar-refractivity contribution is -0.671. The number of pyridine rings is 2. The minimum absolute atomic E-state index is 0.0668. The van der Waals surface area contributed by atoms with Crippen LogP contribution in [0.3, 0.4) is 0 Å². The molecule has 0 saturated carbocycles.